The first-order chi connectivity index (χ1) is 9.21. The number of ether oxygens (including phenoxy) is 2. The van der Waals surface area contributed by atoms with Gasteiger partial charge in [-0.25, -0.2) is 4.79 Å². The smallest absolute Gasteiger partial charge is 0.358 e. The van der Waals surface area contributed by atoms with E-state index < -0.39 is 9.76 Å². The lowest BCUT2D eigenvalue weighted by Crippen LogP contribution is -2.26. The number of carbonyl (C=O) groups excluding carboxylic acids is 2. The van der Waals surface area contributed by atoms with E-state index in [0.717, 1.165) is 15.4 Å². The normalized spacial score (nSPS) is 19.8. The lowest BCUT2D eigenvalue weighted by Gasteiger charge is -2.21. The van der Waals surface area contributed by atoms with Gasteiger partial charge in [-0.3, -0.25) is 4.79 Å². The maximum atomic E-state index is 11.8. The summed E-state index contributed by atoms with van der Waals surface area (Å²) in [4.78, 5) is 22.9. The monoisotopic (exact) mass is 470 g/mol. The lowest BCUT2D eigenvalue weighted by atomic mass is 9.94. The minimum absolute atomic E-state index is 0.0652. The molecule has 0 saturated heterocycles. The molecule has 0 fully saturated rings. The second-order valence-electron chi connectivity index (χ2n) is 4.05. The van der Waals surface area contributed by atoms with Gasteiger partial charge in [-0.05, 0) is 19.3 Å². The van der Waals surface area contributed by atoms with Crippen LogP contribution >= 0.6 is 66.7 Å². The van der Waals surface area contributed by atoms with E-state index in [1.165, 1.54) is 0 Å². The highest BCUT2D eigenvalue weighted by molar-refractivity contribution is 9.14. The van der Waals surface area contributed by atoms with Gasteiger partial charge in [0.1, 0.15) is 13.2 Å². The fraction of sp³-hybridized carbons (Fsp3) is 0.636. The number of esters is 2. The van der Waals surface area contributed by atoms with Crippen LogP contribution in [0.15, 0.2) is 8.96 Å². The zero-order valence-corrected chi connectivity index (χ0v) is 15.6. The van der Waals surface area contributed by atoms with E-state index >= 15 is 0 Å². The Hall–Kier alpha value is 0.510. The molecule has 0 aliphatic heterocycles. The van der Waals surface area contributed by atoms with Crippen LogP contribution in [0.5, 0.6) is 0 Å². The fourth-order valence-electron chi connectivity index (χ4n) is 1.54. The van der Waals surface area contributed by atoms with E-state index in [4.69, 9.17) is 39.5 Å². The first-order valence-electron chi connectivity index (χ1n) is 5.65. The first kappa shape index (κ1) is 18.6. The SMILES string of the molecule is O=C(OCCOC(=O)C(Cl)(Cl)Cl)C1CCC(Br)=C(Br)C1. The van der Waals surface area contributed by atoms with Crippen molar-refractivity contribution in [1.82, 2.24) is 0 Å². The molecule has 114 valence electrons. The van der Waals surface area contributed by atoms with Crippen molar-refractivity contribution in [2.75, 3.05) is 13.2 Å². The number of hydrogen-bond acceptors (Lipinski definition) is 4. The molecule has 0 bridgehead atoms. The Morgan fingerprint density at radius 3 is 2.30 bits per heavy atom. The predicted molar refractivity (Wildman–Crippen MR) is 84.4 cm³/mol. The van der Waals surface area contributed by atoms with Gasteiger partial charge in [0, 0.05) is 8.96 Å². The summed E-state index contributed by atoms with van der Waals surface area (Å²) in [7, 11) is 0. The second-order valence-corrected chi connectivity index (χ2v) is 8.25. The van der Waals surface area contributed by atoms with E-state index in [1.54, 1.807) is 0 Å². The third-order valence-electron chi connectivity index (χ3n) is 2.56. The highest BCUT2D eigenvalue weighted by Crippen LogP contribution is 2.36. The van der Waals surface area contributed by atoms with Crippen LogP contribution < -0.4 is 0 Å². The average Bonchev–Trinajstić information content (AvgIpc) is 2.36. The molecule has 0 aromatic rings. The van der Waals surface area contributed by atoms with Crippen LogP contribution in [-0.2, 0) is 19.1 Å². The molecular weight excluding hydrogens is 462 g/mol. The molecule has 0 spiro atoms. The van der Waals surface area contributed by atoms with Gasteiger partial charge in [0.15, 0.2) is 0 Å². The number of halogens is 5. The van der Waals surface area contributed by atoms with Gasteiger partial charge < -0.3 is 9.47 Å². The molecule has 1 aliphatic rings. The summed E-state index contributed by atoms with van der Waals surface area (Å²) in [6.07, 6.45) is 2.08. The van der Waals surface area contributed by atoms with Crippen LogP contribution in [-0.4, -0.2) is 28.9 Å². The Morgan fingerprint density at radius 1 is 1.15 bits per heavy atom. The molecule has 4 nitrogen and oxygen atoms in total. The third kappa shape index (κ3) is 6.10. The molecule has 0 amide bonds. The van der Waals surface area contributed by atoms with Crippen molar-refractivity contribution in [2.24, 2.45) is 5.92 Å². The molecule has 0 aromatic heterocycles. The van der Waals surface area contributed by atoms with Crippen LogP contribution in [0.1, 0.15) is 19.3 Å². The van der Waals surface area contributed by atoms with Crippen molar-refractivity contribution in [3.8, 4) is 0 Å². The van der Waals surface area contributed by atoms with E-state index in [2.05, 4.69) is 36.6 Å². The molecular formula is C11H11Br2Cl3O4. The van der Waals surface area contributed by atoms with Gasteiger partial charge >= 0.3 is 11.9 Å². The van der Waals surface area contributed by atoms with Crippen molar-refractivity contribution < 1.29 is 19.1 Å². The van der Waals surface area contributed by atoms with Crippen LogP contribution in [0.2, 0.25) is 0 Å². The maximum absolute atomic E-state index is 11.8. The Labute approximate surface area is 148 Å². The molecule has 1 unspecified atom stereocenters. The van der Waals surface area contributed by atoms with Crippen LogP contribution in [0.25, 0.3) is 0 Å². The summed E-state index contributed by atoms with van der Waals surface area (Å²) in [5, 5.41) is 0. The summed E-state index contributed by atoms with van der Waals surface area (Å²) < 4.78 is 9.59. The first-order valence-corrected chi connectivity index (χ1v) is 8.37. The van der Waals surface area contributed by atoms with Gasteiger partial charge in [0.05, 0.1) is 5.92 Å². The Bertz CT molecular complexity index is 420. The molecule has 20 heavy (non-hydrogen) atoms. The van der Waals surface area contributed by atoms with E-state index in [1.807, 2.05) is 0 Å². The van der Waals surface area contributed by atoms with E-state index in [-0.39, 0.29) is 25.1 Å². The van der Waals surface area contributed by atoms with Gasteiger partial charge in [-0.2, -0.15) is 0 Å². The van der Waals surface area contributed by atoms with Crippen molar-refractivity contribution in [3.63, 3.8) is 0 Å². The van der Waals surface area contributed by atoms with Crippen molar-refractivity contribution in [2.45, 2.75) is 23.1 Å². The summed E-state index contributed by atoms with van der Waals surface area (Å²) in [6.45, 7) is -0.212. The van der Waals surface area contributed by atoms with Crippen LogP contribution in [0, 0.1) is 5.92 Å². The Balaban J connectivity index is 2.27. The highest BCUT2D eigenvalue weighted by atomic mass is 79.9. The quantitative estimate of drug-likeness (QED) is 0.348. The summed E-state index contributed by atoms with van der Waals surface area (Å²) in [6, 6.07) is 0. The molecule has 0 saturated carbocycles. The number of allylic oxidation sites excluding steroid dienone is 2. The lowest BCUT2D eigenvalue weighted by molar-refractivity contribution is -0.154. The molecule has 0 radical (unpaired) electrons. The summed E-state index contributed by atoms with van der Waals surface area (Å²) >= 11 is 22.7. The maximum Gasteiger partial charge on any atom is 0.358 e. The minimum atomic E-state index is -2.12. The largest absolute Gasteiger partial charge is 0.462 e. The van der Waals surface area contributed by atoms with Gasteiger partial charge in [-0.15, -0.1) is 0 Å². The summed E-state index contributed by atoms with van der Waals surface area (Å²) in [5.41, 5.74) is 0. The minimum Gasteiger partial charge on any atom is -0.462 e. The number of hydrogen-bond donors (Lipinski definition) is 0. The zero-order chi connectivity index (χ0) is 15.3. The zero-order valence-electron chi connectivity index (χ0n) is 10.1. The fourth-order valence-corrected chi connectivity index (χ4v) is 2.69. The number of carbonyl (C=O) groups is 2. The molecule has 1 rings (SSSR count). The Kier molecular flexibility index (Phi) is 7.63. The Morgan fingerprint density at radius 2 is 1.75 bits per heavy atom. The van der Waals surface area contributed by atoms with Crippen LogP contribution in [0.4, 0.5) is 0 Å². The van der Waals surface area contributed by atoms with Gasteiger partial charge in [0.25, 0.3) is 3.79 Å². The van der Waals surface area contributed by atoms with Crippen molar-refractivity contribution in [3.05, 3.63) is 8.96 Å². The molecule has 1 atom stereocenters. The highest BCUT2D eigenvalue weighted by Gasteiger charge is 2.32. The van der Waals surface area contributed by atoms with Crippen molar-refractivity contribution >= 4 is 78.6 Å². The van der Waals surface area contributed by atoms with E-state index in [9.17, 15) is 9.59 Å². The molecule has 0 N–H and O–H groups in total. The van der Waals surface area contributed by atoms with E-state index in [0.29, 0.717) is 12.8 Å². The predicted octanol–water partition coefficient (Wildman–Crippen LogP) is 4.24. The van der Waals surface area contributed by atoms with Gasteiger partial charge in [-0.1, -0.05) is 66.7 Å². The second kappa shape index (κ2) is 8.22. The standard InChI is InChI=1S/C11H11Br2Cl3O4/c12-7-2-1-6(5-8(7)13)9(17)19-3-4-20-10(18)11(14,15)16/h6H,1-5H2. The average molecular weight is 473 g/mol. The topological polar surface area (TPSA) is 52.6 Å². The molecule has 0 aromatic carbocycles. The number of rotatable bonds is 4. The van der Waals surface area contributed by atoms with Gasteiger partial charge in [0.2, 0.25) is 0 Å². The molecule has 9 heteroatoms. The van der Waals surface area contributed by atoms with Crippen molar-refractivity contribution in [1.29, 1.82) is 0 Å². The number of alkyl halides is 3. The van der Waals surface area contributed by atoms with Crippen LogP contribution in [0.3, 0.4) is 0 Å². The third-order valence-corrected chi connectivity index (χ3v) is 5.23. The molecule has 0 heterocycles. The molecule has 1 aliphatic carbocycles. The summed E-state index contributed by atoms with van der Waals surface area (Å²) in [5.74, 6) is -1.52.